The molecule has 0 aromatic carbocycles. The lowest BCUT2D eigenvalue weighted by Gasteiger charge is -2.32. The van der Waals surface area contributed by atoms with Gasteiger partial charge in [0, 0.05) is 19.1 Å². The lowest BCUT2D eigenvalue weighted by molar-refractivity contribution is 0.170. The number of nitrogens with zero attached hydrogens (tertiary/aromatic N) is 3. The molecule has 4 nitrogen and oxygen atoms in total. The first-order valence-corrected chi connectivity index (χ1v) is 8.07. The van der Waals surface area contributed by atoms with Crippen LogP contribution in [0.1, 0.15) is 45.0 Å². The van der Waals surface area contributed by atoms with Gasteiger partial charge in [-0.1, -0.05) is 13.8 Å². The Balaban J connectivity index is 1.79. The fraction of sp³-hybridized carbons (Fsp3) is 0.812. The average Bonchev–Trinajstić information content (AvgIpc) is 2.78. The predicted molar refractivity (Wildman–Crippen MR) is 83.8 cm³/mol. The van der Waals surface area contributed by atoms with Crippen LogP contribution in [-0.2, 0) is 13.1 Å². The second-order valence-electron chi connectivity index (χ2n) is 6.38. The summed E-state index contributed by atoms with van der Waals surface area (Å²) < 4.78 is 2.14. The standard InChI is InChI=1S/C16H30N4/c1-5-20-16(10-14(4)18-20)12-19-8-6-15(7-9-19)11-17-13(2)3/h10,13,15,17H,5-9,11-12H2,1-4H3. The van der Waals surface area contributed by atoms with Crippen LogP contribution in [0.2, 0.25) is 0 Å². The van der Waals surface area contributed by atoms with Gasteiger partial charge in [-0.3, -0.25) is 9.58 Å². The maximum Gasteiger partial charge on any atom is 0.0597 e. The highest BCUT2D eigenvalue weighted by Crippen LogP contribution is 2.19. The van der Waals surface area contributed by atoms with E-state index in [0.717, 1.165) is 24.7 Å². The van der Waals surface area contributed by atoms with E-state index in [1.54, 1.807) is 0 Å². The summed E-state index contributed by atoms with van der Waals surface area (Å²) in [6.07, 6.45) is 2.64. The molecule has 0 atom stereocenters. The van der Waals surface area contributed by atoms with E-state index in [0.29, 0.717) is 6.04 Å². The molecule has 0 spiro atoms. The number of aryl methyl sites for hydroxylation is 2. The summed E-state index contributed by atoms with van der Waals surface area (Å²) in [5, 5.41) is 8.11. The van der Waals surface area contributed by atoms with Gasteiger partial charge in [-0.15, -0.1) is 0 Å². The normalized spacial score (nSPS) is 18.1. The minimum Gasteiger partial charge on any atom is -0.314 e. The molecule has 2 rings (SSSR count). The fourth-order valence-corrected chi connectivity index (χ4v) is 2.98. The molecule has 0 unspecified atom stereocenters. The molecule has 0 radical (unpaired) electrons. The summed E-state index contributed by atoms with van der Waals surface area (Å²) in [6.45, 7) is 14.3. The van der Waals surface area contributed by atoms with Crippen molar-refractivity contribution in [2.45, 2.75) is 59.7 Å². The van der Waals surface area contributed by atoms with Gasteiger partial charge in [0.2, 0.25) is 0 Å². The maximum atomic E-state index is 4.54. The van der Waals surface area contributed by atoms with Crippen LogP contribution in [0.25, 0.3) is 0 Å². The van der Waals surface area contributed by atoms with E-state index >= 15 is 0 Å². The van der Waals surface area contributed by atoms with Gasteiger partial charge in [0.05, 0.1) is 11.4 Å². The van der Waals surface area contributed by atoms with Crippen molar-refractivity contribution >= 4 is 0 Å². The first kappa shape index (κ1) is 15.5. The molecule has 114 valence electrons. The van der Waals surface area contributed by atoms with Gasteiger partial charge in [0.1, 0.15) is 0 Å². The van der Waals surface area contributed by atoms with Gasteiger partial charge in [-0.25, -0.2) is 0 Å². The van der Waals surface area contributed by atoms with Crippen molar-refractivity contribution in [3.8, 4) is 0 Å². The van der Waals surface area contributed by atoms with Crippen LogP contribution in [0.5, 0.6) is 0 Å². The Kier molecular flexibility index (Phi) is 5.61. The predicted octanol–water partition coefficient (Wildman–Crippen LogP) is 2.42. The molecule has 1 aliphatic rings. The third-order valence-electron chi connectivity index (χ3n) is 4.19. The Morgan fingerprint density at radius 2 is 2.05 bits per heavy atom. The number of rotatable bonds is 6. The van der Waals surface area contributed by atoms with Crippen LogP contribution in [-0.4, -0.2) is 40.4 Å². The topological polar surface area (TPSA) is 33.1 Å². The highest BCUT2D eigenvalue weighted by Gasteiger charge is 2.20. The van der Waals surface area contributed by atoms with Crippen molar-refractivity contribution in [3.63, 3.8) is 0 Å². The Labute approximate surface area is 123 Å². The SMILES string of the molecule is CCn1nc(C)cc1CN1CCC(CNC(C)C)CC1. The molecule has 0 saturated carbocycles. The van der Waals surface area contributed by atoms with E-state index in [-0.39, 0.29) is 0 Å². The zero-order valence-electron chi connectivity index (χ0n) is 13.5. The van der Waals surface area contributed by atoms with E-state index in [4.69, 9.17) is 0 Å². The van der Waals surface area contributed by atoms with Crippen molar-refractivity contribution < 1.29 is 0 Å². The number of hydrogen-bond donors (Lipinski definition) is 1. The smallest absolute Gasteiger partial charge is 0.0597 e. The summed E-state index contributed by atoms with van der Waals surface area (Å²) in [5.41, 5.74) is 2.50. The Hall–Kier alpha value is -0.870. The van der Waals surface area contributed by atoms with Crippen LogP contribution in [0.4, 0.5) is 0 Å². The molecule has 1 saturated heterocycles. The highest BCUT2D eigenvalue weighted by molar-refractivity contribution is 5.09. The minimum absolute atomic E-state index is 0.606. The lowest BCUT2D eigenvalue weighted by atomic mass is 9.96. The molecule has 0 amide bonds. The van der Waals surface area contributed by atoms with Gasteiger partial charge >= 0.3 is 0 Å². The molecule has 0 bridgehead atoms. The molecule has 1 aromatic heterocycles. The summed E-state index contributed by atoms with van der Waals surface area (Å²) >= 11 is 0. The van der Waals surface area contributed by atoms with Crippen molar-refractivity contribution in [3.05, 3.63) is 17.5 Å². The van der Waals surface area contributed by atoms with Crippen LogP contribution in [0.15, 0.2) is 6.07 Å². The molecule has 2 heterocycles. The molecule has 0 aliphatic carbocycles. The summed E-state index contributed by atoms with van der Waals surface area (Å²) in [5.74, 6) is 0.853. The first-order chi connectivity index (χ1) is 9.58. The highest BCUT2D eigenvalue weighted by atomic mass is 15.3. The summed E-state index contributed by atoms with van der Waals surface area (Å²) in [7, 11) is 0. The van der Waals surface area contributed by atoms with Crippen LogP contribution in [0, 0.1) is 12.8 Å². The minimum atomic E-state index is 0.606. The Morgan fingerprint density at radius 3 is 2.65 bits per heavy atom. The maximum absolute atomic E-state index is 4.54. The Bertz CT molecular complexity index is 403. The molecule has 1 aromatic rings. The monoisotopic (exact) mass is 278 g/mol. The largest absolute Gasteiger partial charge is 0.314 e. The van der Waals surface area contributed by atoms with E-state index in [1.807, 2.05) is 0 Å². The molecule has 20 heavy (non-hydrogen) atoms. The average molecular weight is 278 g/mol. The van der Waals surface area contributed by atoms with E-state index in [2.05, 4.69) is 53.8 Å². The van der Waals surface area contributed by atoms with Gasteiger partial charge in [-0.05, 0) is 58.3 Å². The zero-order valence-corrected chi connectivity index (χ0v) is 13.5. The van der Waals surface area contributed by atoms with E-state index < -0.39 is 0 Å². The van der Waals surface area contributed by atoms with Gasteiger partial charge in [-0.2, -0.15) is 5.10 Å². The zero-order chi connectivity index (χ0) is 14.5. The molecule has 1 fully saturated rings. The summed E-state index contributed by atoms with van der Waals surface area (Å²) in [4.78, 5) is 2.58. The van der Waals surface area contributed by atoms with E-state index in [9.17, 15) is 0 Å². The van der Waals surface area contributed by atoms with Gasteiger partial charge < -0.3 is 5.32 Å². The quantitative estimate of drug-likeness (QED) is 0.867. The third-order valence-corrected chi connectivity index (χ3v) is 4.19. The number of likely N-dealkylation sites (tertiary alicyclic amines) is 1. The third kappa shape index (κ3) is 4.32. The van der Waals surface area contributed by atoms with Crippen LogP contribution >= 0.6 is 0 Å². The van der Waals surface area contributed by atoms with Crippen molar-refractivity contribution in [2.24, 2.45) is 5.92 Å². The summed E-state index contributed by atoms with van der Waals surface area (Å²) in [6, 6.07) is 2.84. The van der Waals surface area contributed by atoms with Gasteiger partial charge in [0.15, 0.2) is 0 Å². The fourth-order valence-electron chi connectivity index (χ4n) is 2.98. The number of piperidine rings is 1. The number of nitrogens with one attached hydrogen (secondary N) is 1. The first-order valence-electron chi connectivity index (χ1n) is 8.07. The van der Waals surface area contributed by atoms with Crippen LogP contribution < -0.4 is 5.32 Å². The van der Waals surface area contributed by atoms with Gasteiger partial charge in [0.25, 0.3) is 0 Å². The second kappa shape index (κ2) is 7.23. The van der Waals surface area contributed by atoms with E-state index in [1.165, 1.54) is 38.2 Å². The van der Waals surface area contributed by atoms with Crippen molar-refractivity contribution in [1.29, 1.82) is 0 Å². The van der Waals surface area contributed by atoms with Crippen molar-refractivity contribution in [1.82, 2.24) is 20.0 Å². The molecular weight excluding hydrogens is 248 g/mol. The second-order valence-corrected chi connectivity index (χ2v) is 6.38. The molecular formula is C16H30N4. The molecule has 4 heteroatoms. The molecule has 1 aliphatic heterocycles. The number of aromatic nitrogens is 2. The number of hydrogen-bond acceptors (Lipinski definition) is 3. The Morgan fingerprint density at radius 1 is 1.35 bits per heavy atom. The lowest BCUT2D eigenvalue weighted by Crippen LogP contribution is -2.38. The molecule has 1 N–H and O–H groups in total. The van der Waals surface area contributed by atoms with Crippen LogP contribution in [0.3, 0.4) is 0 Å². The van der Waals surface area contributed by atoms with Crippen molar-refractivity contribution in [2.75, 3.05) is 19.6 Å².